The molecule has 3 heterocycles. The van der Waals surface area contributed by atoms with E-state index in [0.29, 0.717) is 42.4 Å². The van der Waals surface area contributed by atoms with Crippen molar-refractivity contribution in [1.82, 2.24) is 9.80 Å². The SMILES string of the molecule is C=CCOc1c(C)c(OCC=C)c(OCC=C)c2c1C[C@H]1C3c4c(cc(C)c(OC)c4O)C[C@@H]([C@H](C#N)N1[C@H]2CN)N3C. The molecule has 0 spiro atoms. The Kier molecular flexibility index (Phi) is 8.74. The molecule has 5 atom stereocenters. The molecule has 2 aromatic carbocycles. The number of ether oxygens (including phenoxy) is 4. The van der Waals surface area contributed by atoms with Gasteiger partial charge in [-0.25, -0.2) is 0 Å². The van der Waals surface area contributed by atoms with Gasteiger partial charge in [0.25, 0.3) is 0 Å². The molecule has 228 valence electrons. The van der Waals surface area contributed by atoms with Gasteiger partial charge in [0.05, 0.1) is 25.3 Å². The number of phenolic OH excluding ortho intramolecular Hbond substituents is 1. The minimum atomic E-state index is -0.464. The molecule has 0 aromatic heterocycles. The molecule has 3 aliphatic rings. The van der Waals surface area contributed by atoms with Crippen molar-refractivity contribution in [2.45, 2.75) is 56.9 Å². The average Bonchev–Trinajstić information content (AvgIpc) is 2.99. The number of aryl methyl sites for hydroxylation is 1. The summed E-state index contributed by atoms with van der Waals surface area (Å²) in [6, 6.07) is 3.33. The number of aromatic hydroxyl groups is 1. The number of nitrogens with two attached hydrogens (primary N) is 1. The van der Waals surface area contributed by atoms with Crippen LogP contribution in [-0.4, -0.2) is 73.6 Å². The van der Waals surface area contributed by atoms with Gasteiger partial charge in [0, 0.05) is 40.9 Å². The van der Waals surface area contributed by atoms with Crippen LogP contribution < -0.4 is 24.7 Å². The maximum absolute atomic E-state index is 11.6. The van der Waals surface area contributed by atoms with E-state index in [-0.39, 0.29) is 49.7 Å². The number of benzene rings is 2. The van der Waals surface area contributed by atoms with E-state index in [1.54, 1.807) is 25.3 Å². The summed E-state index contributed by atoms with van der Waals surface area (Å²) in [7, 11) is 3.62. The lowest BCUT2D eigenvalue weighted by molar-refractivity contribution is -0.0711. The van der Waals surface area contributed by atoms with Crippen molar-refractivity contribution in [1.29, 1.82) is 5.26 Å². The number of methoxy groups -OCH3 is 1. The zero-order valence-electron chi connectivity index (χ0n) is 25.6. The molecule has 2 bridgehead atoms. The van der Waals surface area contributed by atoms with Crippen LogP contribution in [0.1, 0.15) is 45.5 Å². The van der Waals surface area contributed by atoms with E-state index in [9.17, 15) is 10.4 Å². The molecule has 1 fully saturated rings. The van der Waals surface area contributed by atoms with Crippen LogP contribution in [-0.2, 0) is 12.8 Å². The molecule has 2 aromatic rings. The molecular weight excluding hydrogens is 544 g/mol. The number of rotatable bonds is 11. The van der Waals surface area contributed by atoms with Crippen LogP contribution in [0.5, 0.6) is 28.7 Å². The van der Waals surface area contributed by atoms with Crippen molar-refractivity contribution in [3.05, 3.63) is 77.4 Å². The third kappa shape index (κ3) is 4.74. The Morgan fingerprint density at radius 1 is 0.977 bits per heavy atom. The summed E-state index contributed by atoms with van der Waals surface area (Å²) in [4.78, 5) is 4.50. The second-order valence-electron chi connectivity index (χ2n) is 11.4. The summed E-state index contributed by atoms with van der Waals surface area (Å²) < 4.78 is 24.6. The van der Waals surface area contributed by atoms with Gasteiger partial charge in [-0.1, -0.05) is 44.0 Å². The molecule has 0 amide bonds. The number of likely N-dealkylation sites (N-methyl/N-ethyl adjacent to an activating group) is 1. The number of piperazine rings is 1. The van der Waals surface area contributed by atoms with E-state index in [1.807, 2.05) is 20.9 Å². The summed E-state index contributed by atoms with van der Waals surface area (Å²) in [5.41, 5.74) is 12.0. The first-order valence-corrected chi connectivity index (χ1v) is 14.7. The fraction of sp³-hybridized carbons (Fsp3) is 0.441. The summed E-state index contributed by atoms with van der Waals surface area (Å²) >= 11 is 0. The van der Waals surface area contributed by atoms with Crippen molar-refractivity contribution >= 4 is 0 Å². The third-order valence-electron chi connectivity index (χ3n) is 9.12. The molecule has 3 aliphatic heterocycles. The Morgan fingerprint density at radius 3 is 2.19 bits per heavy atom. The number of nitriles is 1. The lowest BCUT2D eigenvalue weighted by Crippen LogP contribution is -2.68. The molecule has 9 nitrogen and oxygen atoms in total. The number of phenols is 1. The van der Waals surface area contributed by atoms with Crippen molar-refractivity contribution < 1.29 is 24.1 Å². The predicted molar refractivity (Wildman–Crippen MR) is 166 cm³/mol. The average molecular weight is 587 g/mol. The smallest absolute Gasteiger partial charge is 0.168 e. The molecule has 5 rings (SSSR count). The third-order valence-corrected chi connectivity index (χ3v) is 9.12. The maximum atomic E-state index is 11.6. The summed E-state index contributed by atoms with van der Waals surface area (Å²) in [6.07, 6.45) is 6.23. The quantitative estimate of drug-likeness (QED) is 0.369. The fourth-order valence-corrected chi connectivity index (χ4v) is 7.54. The van der Waals surface area contributed by atoms with Gasteiger partial charge in [-0.05, 0) is 44.9 Å². The fourth-order valence-electron chi connectivity index (χ4n) is 7.54. The Balaban J connectivity index is 1.80. The van der Waals surface area contributed by atoms with E-state index in [2.05, 4.69) is 41.7 Å². The van der Waals surface area contributed by atoms with Crippen LogP contribution in [0.2, 0.25) is 0 Å². The minimum Gasteiger partial charge on any atom is -0.504 e. The zero-order chi connectivity index (χ0) is 31.0. The highest BCUT2D eigenvalue weighted by molar-refractivity contribution is 5.66. The lowest BCUT2D eigenvalue weighted by Gasteiger charge is -2.60. The van der Waals surface area contributed by atoms with Crippen LogP contribution in [0.3, 0.4) is 0 Å². The second kappa shape index (κ2) is 12.3. The molecule has 1 unspecified atom stereocenters. The van der Waals surface area contributed by atoms with Gasteiger partial charge >= 0.3 is 0 Å². The van der Waals surface area contributed by atoms with Gasteiger partial charge < -0.3 is 29.8 Å². The minimum absolute atomic E-state index is 0.113. The van der Waals surface area contributed by atoms with Gasteiger partial charge in [0.2, 0.25) is 0 Å². The largest absolute Gasteiger partial charge is 0.504 e. The first-order valence-electron chi connectivity index (χ1n) is 14.7. The molecule has 0 saturated carbocycles. The molecule has 0 aliphatic carbocycles. The summed E-state index contributed by atoms with van der Waals surface area (Å²) in [5, 5.41) is 22.3. The van der Waals surface area contributed by atoms with Crippen molar-refractivity contribution in [3.8, 4) is 34.8 Å². The maximum Gasteiger partial charge on any atom is 0.168 e. The van der Waals surface area contributed by atoms with Gasteiger partial charge in [0.1, 0.15) is 31.6 Å². The Bertz CT molecular complexity index is 1480. The van der Waals surface area contributed by atoms with Crippen LogP contribution in [0.25, 0.3) is 0 Å². The Labute approximate surface area is 254 Å². The molecular formula is C34H42N4O5. The van der Waals surface area contributed by atoms with E-state index in [4.69, 9.17) is 24.7 Å². The molecule has 0 radical (unpaired) electrons. The molecule has 3 N–H and O–H groups in total. The van der Waals surface area contributed by atoms with Crippen molar-refractivity contribution in [2.24, 2.45) is 5.73 Å². The Morgan fingerprint density at radius 2 is 1.60 bits per heavy atom. The van der Waals surface area contributed by atoms with Gasteiger partial charge in [-0.2, -0.15) is 5.26 Å². The normalized spacial score (nSPS) is 24.0. The van der Waals surface area contributed by atoms with Gasteiger partial charge in [-0.3, -0.25) is 9.80 Å². The molecule has 43 heavy (non-hydrogen) atoms. The van der Waals surface area contributed by atoms with Crippen LogP contribution in [0.15, 0.2) is 44.0 Å². The van der Waals surface area contributed by atoms with E-state index < -0.39 is 6.04 Å². The number of fused-ring (bicyclic) bond motifs is 7. The zero-order valence-corrected chi connectivity index (χ0v) is 25.6. The highest BCUT2D eigenvalue weighted by Gasteiger charge is 2.56. The van der Waals surface area contributed by atoms with E-state index in [0.717, 1.165) is 33.4 Å². The highest BCUT2D eigenvalue weighted by atomic mass is 16.5. The molecule has 1 saturated heterocycles. The summed E-state index contributed by atoms with van der Waals surface area (Å²) in [5.74, 6) is 2.46. The van der Waals surface area contributed by atoms with Gasteiger partial charge in [-0.15, -0.1) is 0 Å². The summed E-state index contributed by atoms with van der Waals surface area (Å²) in [6.45, 7) is 16.5. The topological polar surface area (TPSA) is 113 Å². The van der Waals surface area contributed by atoms with E-state index >= 15 is 0 Å². The number of hydrogen-bond acceptors (Lipinski definition) is 9. The number of hydrogen-bond donors (Lipinski definition) is 2. The van der Waals surface area contributed by atoms with Crippen LogP contribution >= 0.6 is 0 Å². The van der Waals surface area contributed by atoms with E-state index in [1.165, 1.54) is 0 Å². The van der Waals surface area contributed by atoms with Crippen LogP contribution in [0.4, 0.5) is 0 Å². The van der Waals surface area contributed by atoms with Crippen molar-refractivity contribution in [2.75, 3.05) is 40.5 Å². The highest BCUT2D eigenvalue weighted by Crippen LogP contribution is 2.57. The first-order chi connectivity index (χ1) is 20.8. The number of nitrogens with zero attached hydrogens (tertiary/aromatic N) is 3. The monoisotopic (exact) mass is 586 g/mol. The second-order valence-corrected chi connectivity index (χ2v) is 11.4. The van der Waals surface area contributed by atoms with Crippen molar-refractivity contribution in [3.63, 3.8) is 0 Å². The first kappa shape index (κ1) is 30.5. The standard InChI is InChI=1S/C34H42N4O5/c1-8-11-41-32-20(5)33(42-12-9-2)34(43-13-10-3)28-22(32)16-24-29-27-21(14-19(4)31(40-7)30(27)39)15-23(37(29)6)25(17-35)38(24)26(28)18-36/h8-10,14,23-26,29,39H,1-3,11-13,15-16,18,36H2,4-7H3/t23-,24-,25-,26-,29?/m0/s1. The Hall–Kier alpha value is -3.97. The predicted octanol–water partition coefficient (Wildman–Crippen LogP) is 4.44. The molecule has 9 heteroatoms. The van der Waals surface area contributed by atoms with Gasteiger partial charge in [0.15, 0.2) is 23.0 Å². The lowest BCUT2D eigenvalue weighted by atomic mass is 9.71. The van der Waals surface area contributed by atoms with Crippen LogP contribution in [0, 0.1) is 25.2 Å².